The molecule has 0 amide bonds. The van der Waals surface area contributed by atoms with Gasteiger partial charge in [-0.25, -0.2) is 14.2 Å². The Hall–Kier alpha value is -1.95. The van der Waals surface area contributed by atoms with Crippen molar-refractivity contribution in [2.24, 2.45) is 0 Å². The van der Waals surface area contributed by atoms with Gasteiger partial charge in [-0.1, -0.05) is 19.4 Å². The molecular formula is C12H13F5N4OS2. The second-order valence-corrected chi connectivity index (χ2v) is 9.99. The highest BCUT2D eigenvalue weighted by Gasteiger charge is 2.65. The highest BCUT2D eigenvalue weighted by Crippen LogP contribution is 3.02. The van der Waals surface area contributed by atoms with Crippen molar-refractivity contribution in [3.8, 4) is 11.3 Å². The number of nitrogens with two attached hydrogens (primary N) is 1. The van der Waals surface area contributed by atoms with Crippen LogP contribution in [-0.2, 0) is 15.5 Å². The lowest BCUT2D eigenvalue weighted by atomic mass is 10.1. The molecule has 12 heteroatoms. The molecule has 0 aliphatic carbocycles. The van der Waals surface area contributed by atoms with Gasteiger partial charge in [-0.2, -0.15) is 0 Å². The number of anilines is 1. The van der Waals surface area contributed by atoms with Crippen LogP contribution in [0, 0.1) is 4.78 Å². The van der Waals surface area contributed by atoms with Crippen LogP contribution in [0.15, 0.2) is 35.4 Å². The van der Waals surface area contributed by atoms with Gasteiger partial charge >= 0.3 is 10.2 Å². The lowest BCUT2D eigenvalue weighted by Gasteiger charge is -2.41. The Bertz CT molecular complexity index is 913. The van der Waals surface area contributed by atoms with Crippen molar-refractivity contribution >= 4 is 25.9 Å². The number of rotatable bonds is 4. The molecule has 0 saturated carbocycles. The molecule has 0 bridgehead atoms. The van der Waals surface area contributed by atoms with Gasteiger partial charge in [0.1, 0.15) is 4.90 Å². The predicted octanol–water partition coefficient (Wildman–Crippen LogP) is 4.56. The molecule has 1 aromatic heterocycles. The number of nitrogen functional groups attached to an aromatic ring is 1. The molecule has 0 radical (unpaired) electrons. The number of halogens is 5. The van der Waals surface area contributed by atoms with Crippen LogP contribution in [0.2, 0.25) is 0 Å². The molecular weight excluding hydrogens is 375 g/mol. The van der Waals surface area contributed by atoms with E-state index in [9.17, 15) is 23.6 Å². The Balaban J connectivity index is 2.75. The number of benzene rings is 1. The minimum atomic E-state index is -9.96. The Morgan fingerprint density at radius 2 is 1.83 bits per heavy atom. The maximum Gasteiger partial charge on any atom is 0.310 e. The topological polar surface area (TPSA) is 92.7 Å². The second-order valence-electron chi connectivity index (χ2n) is 5.28. The Labute approximate surface area is 134 Å². The number of nitrogens with zero attached hydrogens (tertiary/aromatic N) is 2. The van der Waals surface area contributed by atoms with Crippen LogP contribution >= 0.6 is 10.2 Å². The fraction of sp³-hybridized carbons (Fsp3) is 0.167. The fourth-order valence-corrected chi connectivity index (χ4v) is 3.49. The van der Waals surface area contributed by atoms with Gasteiger partial charge < -0.3 is 5.73 Å². The summed E-state index contributed by atoms with van der Waals surface area (Å²) in [5.74, 6) is -0.853. The first kappa shape index (κ1) is 18.4. The second kappa shape index (κ2) is 4.79. The zero-order valence-electron chi connectivity index (χ0n) is 12.2. The number of nitrogens with one attached hydrogen (secondary N) is 1. The van der Waals surface area contributed by atoms with E-state index in [2.05, 4.69) is 9.97 Å². The van der Waals surface area contributed by atoms with Crippen LogP contribution in [0.25, 0.3) is 11.3 Å². The molecule has 0 spiro atoms. The highest BCUT2D eigenvalue weighted by atomic mass is 32.5. The number of aromatic nitrogens is 2. The fourth-order valence-electron chi connectivity index (χ4n) is 1.97. The van der Waals surface area contributed by atoms with Crippen molar-refractivity contribution in [1.29, 1.82) is 4.78 Å². The summed E-state index contributed by atoms with van der Waals surface area (Å²) in [5, 5.41) is 0. The normalized spacial score (nSPS) is 17.6. The van der Waals surface area contributed by atoms with Gasteiger partial charge in [-0.05, 0) is 29.8 Å². The van der Waals surface area contributed by atoms with Crippen molar-refractivity contribution < 1.29 is 23.6 Å². The first-order valence-corrected chi connectivity index (χ1v) is 10.3. The summed E-state index contributed by atoms with van der Waals surface area (Å²) in [4.78, 5) is 5.14. The van der Waals surface area contributed by atoms with E-state index < -0.39 is 30.6 Å². The zero-order chi connectivity index (χ0) is 18.5. The van der Waals surface area contributed by atoms with Crippen LogP contribution in [0.1, 0.15) is 5.56 Å². The van der Waals surface area contributed by atoms with Gasteiger partial charge in [-0.3, -0.25) is 4.78 Å². The van der Waals surface area contributed by atoms with Crippen LogP contribution < -0.4 is 5.73 Å². The first-order chi connectivity index (χ1) is 10.5. The van der Waals surface area contributed by atoms with E-state index in [1.54, 1.807) is 0 Å². The Morgan fingerprint density at radius 1 is 1.21 bits per heavy atom. The lowest BCUT2D eigenvalue weighted by Crippen LogP contribution is -2.08. The van der Waals surface area contributed by atoms with E-state index in [0.29, 0.717) is 0 Å². The van der Waals surface area contributed by atoms with Crippen LogP contribution in [0.3, 0.4) is 0 Å². The summed E-state index contributed by atoms with van der Waals surface area (Å²) >= 11 is 0. The maximum absolute atomic E-state index is 13.2. The molecule has 2 rings (SSSR count). The van der Waals surface area contributed by atoms with Crippen LogP contribution in [-0.4, -0.2) is 20.4 Å². The summed E-state index contributed by atoms with van der Waals surface area (Å²) in [5.41, 5.74) is 4.66. The molecule has 1 aromatic carbocycles. The Kier molecular flexibility index (Phi) is 3.67. The van der Waals surface area contributed by atoms with E-state index in [4.69, 9.17) is 10.5 Å². The van der Waals surface area contributed by atoms with Gasteiger partial charge in [0.05, 0.1) is 11.4 Å². The summed E-state index contributed by atoms with van der Waals surface area (Å²) < 4.78 is 84.7. The molecule has 1 heterocycles. The van der Waals surface area contributed by atoms with E-state index in [1.807, 2.05) is 0 Å². The molecule has 1 unspecified atom stereocenters. The number of hydrogen-bond donors (Lipinski definition) is 2. The summed E-state index contributed by atoms with van der Waals surface area (Å²) in [6.45, 7) is 0. The van der Waals surface area contributed by atoms with Crippen LogP contribution in [0.4, 0.5) is 25.4 Å². The van der Waals surface area contributed by atoms with Gasteiger partial charge in [-0.15, -0.1) is 0 Å². The standard InChI is InChI=1S/C12H13F5N4OS2/c1-23(19,22)7-8-4-9(11-2-3-20-12(18)21-11)6-10(5-8)24(13,14,15,16)17/h2-6,19H,7H2,1H3,(H2,18,20,21). The number of hydrogen-bond acceptors (Lipinski definition) is 5. The Morgan fingerprint density at radius 3 is 2.33 bits per heavy atom. The van der Waals surface area contributed by atoms with Crippen molar-refractivity contribution in [2.75, 3.05) is 12.0 Å². The molecule has 5 nitrogen and oxygen atoms in total. The minimum Gasteiger partial charge on any atom is -0.368 e. The van der Waals surface area contributed by atoms with Crippen molar-refractivity contribution in [3.63, 3.8) is 0 Å². The van der Waals surface area contributed by atoms with Gasteiger partial charge in [0.15, 0.2) is 0 Å². The third-order valence-electron chi connectivity index (χ3n) is 2.82. The summed E-state index contributed by atoms with van der Waals surface area (Å²) in [6, 6.07) is 2.79. The van der Waals surface area contributed by atoms with Crippen LogP contribution in [0.5, 0.6) is 0 Å². The molecule has 3 N–H and O–H groups in total. The smallest absolute Gasteiger partial charge is 0.310 e. The average molecular weight is 388 g/mol. The monoisotopic (exact) mass is 388 g/mol. The van der Waals surface area contributed by atoms with Gasteiger partial charge in [0.2, 0.25) is 5.95 Å². The minimum absolute atomic E-state index is 0.0972. The first-order valence-electron chi connectivity index (χ1n) is 6.22. The molecule has 1 atom stereocenters. The quantitative estimate of drug-likeness (QED) is 0.751. The summed E-state index contributed by atoms with van der Waals surface area (Å²) in [7, 11) is -13.2. The van der Waals surface area contributed by atoms with E-state index in [-0.39, 0.29) is 34.9 Å². The van der Waals surface area contributed by atoms with E-state index in [0.717, 1.165) is 18.5 Å². The third kappa shape index (κ3) is 4.77. The molecule has 2 aromatic rings. The SMILES string of the molecule is CS(=N)(=O)Cc1cc(-c2ccnc(N)n2)cc(S(F)(F)(F)(F)F)c1. The van der Waals surface area contributed by atoms with Crippen molar-refractivity contribution in [2.45, 2.75) is 10.6 Å². The summed E-state index contributed by atoms with van der Waals surface area (Å²) in [6.07, 6.45) is 2.17. The van der Waals surface area contributed by atoms with E-state index >= 15 is 0 Å². The molecule has 0 aliphatic rings. The average Bonchev–Trinajstić information content (AvgIpc) is 2.33. The zero-order valence-corrected chi connectivity index (χ0v) is 13.8. The molecule has 24 heavy (non-hydrogen) atoms. The maximum atomic E-state index is 13.2. The highest BCUT2D eigenvalue weighted by molar-refractivity contribution is 8.45. The van der Waals surface area contributed by atoms with Gasteiger partial charge in [0, 0.05) is 27.7 Å². The van der Waals surface area contributed by atoms with Crippen molar-refractivity contribution in [3.05, 3.63) is 36.0 Å². The largest absolute Gasteiger partial charge is 0.368 e. The molecule has 0 fully saturated rings. The molecule has 0 saturated heterocycles. The lowest BCUT2D eigenvalue weighted by molar-refractivity contribution is 0.364. The van der Waals surface area contributed by atoms with Crippen molar-refractivity contribution in [1.82, 2.24) is 9.97 Å². The van der Waals surface area contributed by atoms with E-state index in [1.165, 1.54) is 6.07 Å². The predicted molar refractivity (Wildman–Crippen MR) is 83.8 cm³/mol. The molecule has 134 valence electrons. The van der Waals surface area contributed by atoms with Gasteiger partial charge in [0.25, 0.3) is 0 Å². The molecule has 0 aliphatic heterocycles. The third-order valence-corrected chi connectivity index (χ3v) is 4.83.